The number of hydrogen-bond donors (Lipinski definition) is 8. The molecule has 0 saturated heterocycles. The number of aliphatic hydroxyl groups excluding tert-OH is 1. The van der Waals surface area contributed by atoms with Crippen molar-refractivity contribution in [3.05, 3.63) is 29.8 Å². The molecule has 0 bridgehead atoms. The van der Waals surface area contributed by atoms with Crippen LogP contribution in [0.3, 0.4) is 0 Å². The monoisotopic (exact) mass is 484 g/mol. The number of phenolic OH excluding ortho intramolecular Hbond substituents is 1. The van der Waals surface area contributed by atoms with E-state index in [4.69, 9.17) is 10.8 Å². The largest absolute Gasteiger partial charge is 0.508 e. The Balaban J connectivity index is 2.89. The normalized spacial score (nSPS) is 15.4. The lowest BCUT2D eigenvalue weighted by atomic mass is 9.97. The van der Waals surface area contributed by atoms with E-state index in [2.05, 4.69) is 28.6 Å². The van der Waals surface area contributed by atoms with Gasteiger partial charge < -0.3 is 37.0 Å². The van der Waals surface area contributed by atoms with E-state index in [1.165, 1.54) is 24.3 Å². The third-order valence-electron chi connectivity index (χ3n) is 5.13. The maximum absolute atomic E-state index is 12.8. The number of carboxylic acid groups (broad SMARTS) is 1. The molecule has 0 aromatic heterocycles. The first-order chi connectivity index (χ1) is 15.5. The van der Waals surface area contributed by atoms with E-state index in [1.807, 2.05) is 6.92 Å². The molecule has 1 aromatic rings. The molecule has 0 spiro atoms. The minimum Gasteiger partial charge on any atom is -0.508 e. The standard InChI is InChI=1S/C21H32N4O7S/c1-3-11(2)17(25-18(28)14(22)9-26)20(30)24-16(10-33)19(29)23-15(21(31)32)8-12-4-6-13(27)7-5-12/h4-7,11,14-17,26-27,33H,3,8-10,22H2,1-2H3,(H,23,29)(H,24,30)(H,25,28)(H,31,32). The van der Waals surface area contributed by atoms with Gasteiger partial charge in [-0.05, 0) is 23.6 Å². The average Bonchev–Trinajstić information content (AvgIpc) is 2.80. The second kappa shape index (κ2) is 13.7. The van der Waals surface area contributed by atoms with Crippen molar-refractivity contribution in [1.29, 1.82) is 0 Å². The predicted octanol–water partition coefficient (Wildman–Crippen LogP) is -1.23. The molecular weight excluding hydrogens is 452 g/mol. The van der Waals surface area contributed by atoms with Crippen LogP contribution < -0.4 is 21.7 Å². The Labute approximate surface area is 197 Å². The molecule has 0 aliphatic carbocycles. The van der Waals surface area contributed by atoms with E-state index < -0.39 is 54.5 Å². The molecule has 0 radical (unpaired) electrons. The van der Waals surface area contributed by atoms with Crippen molar-refractivity contribution < 1.29 is 34.5 Å². The Bertz CT molecular complexity index is 821. The van der Waals surface area contributed by atoms with Gasteiger partial charge in [-0.1, -0.05) is 32.4 Å². The van der Waals surface area contributed by atoms with E-state index in [1.54, 1.807) is 6.92 Å². The molecule has 33 heavy (non-hydrogen) atoms. The van der Waals surface area contributed by atoms with Gasteiger partial charge in [0.15, 0.2) is 0 Å². The summed E-state index contributed by atoms with van der Waals surface area (Å²) in [6.07, 6.45) is 0.484. The zero-order valence-corrected chi connectivity index (χ0v) is 19.4. The van der Waals surface area contributed by atoms with Crippen LogP contribution in [0.5, 0.6) is 5.75 Å². The molecule has 1 rings (SSSR count). The Morgan fingerprint density at radius 1 is 1.00 bits per heavy atom. The fourth-order valence-electron chi connectivity index (χ4n) is 2.84. The molecule has 0 aliphatic rings. The van der Waals surface area contributed by atoms with Crippen LogP contribution in [0.25, 0.3) is 0 Å². The van der Waals surface area contributed by atoms with Crippen molar-refractivity contribution in [2.45, 2.75) is 50.9 Å². The number of phenols is 1. The van der Waals surface area contributed by atoms with Gasteiger partial charge in [0.05, 0.1) is 6.61 Å². The third kappa shape index (κ3) is 8.91. The number of aromatic hydroxyl groups is 1. The number of hydrogen-bond acceptors (Lipinski definition) is 8. The lowest BCUT2D eigenvalue weighted by Crippen LogP contribution is -2.59. The van der Waals surface area contributed by atoms with Gasteiger partial charge in [-0.15, -0.1) is 0 Å². The molecule has 12 heteroatoms. The number of nitrogens with two attached hydrogens (primary N) is 1. The zero-order valence-electron chi connectivity index (χ0n) is 18.5. The first-order valence-corrected chi connectivity index (χ1v) is 11.1. The maximum Gasteiger partial charge on any atom is 0.326 e. The van der Waals surface area contributed by atoms with E-state index in [-0.39, 0.29) is 23.8 Å². The van der Waals surface area contributed by atoms with Crippen LogP contribution in [0, 0.1) is 5.92 Å². The molecule has 0 saturated carbocycles. The first-order valence-electron chi connectivity index (χ1n) is 10.4. The number of carbonyl (C=O) groups excluding carboxylic acids is 3. The summed E-state index contributed by atoms with van der Waals surface area (Å²) in [6, 6.07) is 1.19. The number of amides is 3. The Hall–Kier alpha value is -2.83. The maximum atomic E-state index is 12.8. The topological polar surface area (TPSA) is 191 Å². The van der Waals surface area contributed by atoms with Crippen molar-refractivity contribution in [3.63, 3.8) is 0 Å². The van der Waals surface area contributed by atoms with Gasteiger partial charge in [0.2, 0.25) is 17.7 Å². The van der Waals surface area contributed by atoms with Gasteiger partial charge in [0.1, 0.15) is 29.9 Å². The Morgan fingerprint density at radius 2 is 1.58 bits per heavy atom. The molecule has 5 unspecified atom stereocenters. The van der Waals surface area contributed by atoms with Crippen LogP contribution in [0.4, 0.5) is 0 Å². The predicted molar refractivity (Wildman–Crippen MR) is 124 cm³/mol. The van der Waals surface area contributed by atoms with Gasteiger partial charge in [-0.25, -0.2) is 4.79 Å². The van der Waals surface area contributed by atoms with E-state index in [0.29, 0.717) is 12.0 Å². The molecular formula is C21H32N4O7S. The summed E-state index contributed by atoms with van der Waals surface area (Å²) in [6.45, 7) is 2.94. The lowest BCUT2D eigenvalue weighted by molar-refractivity contribution is -0.142. The third-order valence-corrected chi connectivity index (χ3v) is 5.50. The molecule has 8 N–H and O–H groups in total. The Kier molecular flexibility index (Phi) is 11.7. The second-order valence-corrected chi connectivity index (χ2v) is 8.04. The van der Waals surface area contributed by atoms with Crippen LogP contribution in [0.2, 0.25) is 0 Å². The number of thiol groups is 1. The van der Waals surface area contributed by atoms with Crippen molar-refractivity contribution in [3.8, 4) is 5.75 Å². The van der Waals surface area contributed by atoms with E-state index >= 15 is 0 Å². The zero-order chi connectivity index (χ0) is 25.1. The highest BCUT2D eigenvalue weighted by molar-refractivity contribution is 7.80. The van der Waals surface area contributed by atoms with E-state index in [9.17, 15) is 29.4 Å². The van der Waals surface area contributed by atoms with Gasteiger partial charge in [-0.3, -0.25) is 14.4 Å². The summed E-state index contributed by atoms with van der Waals surface area (Å²) in [7, 11) is 0. The van der Waals surface area contributed by atoms with Crippen molar-refractivity contribution in [2.75, 3.05) is 12.4 Å². The van der Waals surface area contributed by atoms with Crippen molar-refractivity contribution in [2.24, 2.45) is 11.7 Å². The summed E-state index contributed by atoms with van der Waals surface area (Å²) in [5.74, 6) is -3.83. The van der Waals surface area contributed by atoms with Gasteiger partial charge >= 0.3 is 5.97 Å². The number of benzene rings is 1. The average molecular weight is 485 g/mol. The van der Waals surface area contributed by atoms with E-state index in [0.717, 1.165) is 0 Å². The SMILES string of the molecule is CCC(C)C(NC(=O)C(N)CO)C(=O)NC(CS)C(=O)NC(Cc1ccc(O)cc1)C(=O)O. The second-order valence-electron chi connectivity index (χ2n) is 7.67. The quantitative estimate of drug-likeness (QED) is 0.160. The van der Waals surface area contributed by atoms with Gasteiger partial charge in [0, 0.05) is 12.2 Å². The summed E-state index contributed by atoms with van der Waals surface area (Å²) >= 11 is 4.08. The van der Waals surface area contributed by atoms with Crippen LogP contribution in [0.1, 0.15) is 25.8 Å². The smallest absolute Gasteiger partial charge is 0.326 e. The number of carboxylic acids is 1. The number of rotatable bonds is 13. The molecule has 5 atom stereocenters. The molecule has 3 amide bonds. The van der Waals surface area contributed by atoms with Crippen LogP contribution >= 0.6 is 12.6 Å². The number of aliphatic hydroxyl groups is 1. The van der Waals surface area contributed by atoms with Crippen molar-refractivity contribution >= 4 is 36.3 Å². The highest BCUT2D eigenvalue weighted by Crippen LogP contribution is 2.12. The molecule has 0 aliphatic heterocycles. The summed E-state index contributed by atoms with van der Waals surface area (Å²) < 4.78 is 0. The molecule has 1 aromatic carbocycles. The minimum absolute atomic E-state index is 0.0235. The fraction of sp³-hybridized carbons (Fsp3) is 0.524. The van der Waals surface area contributed by atoms with Crippen LogP contribution in [0.15, 0.2) is 24.3 Å². The minimum atomic E-state index is -1.28. The highest BCUT2D eigenvalue weighted by Gasteiger charge is 2.32. The lowest BCUT2D eigenvalue weighted by Gasteiger charge is -2.27. The fourth-order valence-corrected chi connectivity index (χ4v) is 3.10. The summed E-state index contributed by atoms with van der Waals surface area (Å²) in [5.41, 5.74) is 6.07. The first kappa shape index (κ1) is 28.2. The summed E-state index contributed by atoms with van der Waals surface area (Å²) in [4.78, 5) is 49.2. The number of carbonyl (C=O) groups is 4. The summed E-state index contributed by atoms with van der Waals surface area (Å²) in [5, 5.41) is 35.2. The van der Waals surface area contributed by atoms with Crippen molar-refractivity contribution in [1.82, 2.24) is 16.0 Å². The highest BCUT2D eigenvalue weighted by atomic mass is 32.1. The number of nitrogens with one attached hydrogen (secondary N) is 3. The Morgan fingerprint density at radius 3 is 2.06 bits per heavy atom. The van der Waals surface area contributed by atoms with Gasteiger partial charge in [0.25, 0.3) is 0 Å². The van der Waals surface area contributed by atoms with Crippen LogP contribution in [-0.4, -0.2) is 75.5 Å². The van der Waals surface area contributed by atoms with Crippen LogP contribution in [-0.2, 0) is 25.6 Å². The molecule has 11 nitrogen and oxygen atoms in total. The molecule has 0 fully saturated rings. The molecule has 0 heterocycles. The number of aliphatic carboxylic acids is 1. The van der Waals surface area contributed by atoms with Gasteiger partial charge in [-0.2, -0.15) is 12.6 Å². The molecule has 184 valence electrons.